The Morgan fingerprint density at radius 3 is 2.75 bits per heavy atom. The first-order valence-corrected chi connectivity index (χ1v) is 6.38. The predicted molar refractivity (Wildman–Crippen MR) is 71.2 cm³/mol. The molecule has 0 spiro atoms. The Balaban J connectivity index is 1.93. The summed E-state index contributed by atoms with van der Waals surface area (Å²) in [5.74, 6) is -0.190. The molecule has 0 N–H and O–H groups in total. The van der Waals surface area contributed by atoms with Crippen LogP contribution in [0.1, 0.15) is 18.9 Å². The summed E-state index contributed by atoms with van der Waals surface area (Å²) < 4.78 is 13.3. The number of hydrogen-bond donors (Lipinski definition) is 0. The number of rotatable bonds is 3. The summed E-state index contributed by atoms with van der Waals surface area (Å²) in [6.07, 6.45) is 2.01. The van der Waals surface area contributed by atoms with Crippen LogP contribution < -0.4 is 5.06 Å². The molecule has 3 rings (SSSR count). The summed E-state index contributed by atoms with van der Waals surface area (Å²) in [7, 11) is 0. The van der Waals surface area contributed by atoms with Crippen LogP contribution in [0.4, 0.5) is 10.2 Å². The predicted octanol–water partition coefficient (Wildman–Crippen LogP) is 2.80. The van der Waals surface area contributed by atoms with Gasteiger partial charge < -0.3 is 0 Å². The van der Waals surface area contributed by atoms with E-state index in [9.17, 15) is 9.18 Å². The van der Waals surface area contributed by atoms with Crippen LogP contribution in [-0.2, 0) is 15.2 Å². The molecule has 1 aromatic carbocycles. The molecule has 4 nitrogen and oxygen atoms in total. The highest BCUT2D eigenvalue weighted by Crippen LogP contribution is 2.42. The molecule has 1 fully saturated rings. The minimum absolute atomic E-state index is 0.232. The second-order valence-corrected chi connectivity index (χ2v) is 4.57. The highest BCUT2D eigenvalue weighted by atomic mass is 19.1. The van der Waals surface area contributed by atoms with Gasteiger partial charge in [0.05, 0.1) is 0 Å². The van der Waals surface area contributed by atoms with Gasteiger partial charge in [-0.05, 0) is 36.2 Å². The lowest BCUT2D eigenvalue weighted by Crippen LogP contribution is -2.62. The molecule has 0 radical (unpaired) electrons. The van der Waals surface area contributed by atoms with Gasteiger partial charge in [-0.2, -0.15) is 5.06 Å². The van der Waals surface area contributed by atoms with Gasteiger partial charge in [-0.3, -0.25) is 4.79 Å². The average molecular weight is 272 g/mol. The molecule has 2 heterocycles. The summed E-state index contributed by atoms with van der Waals surface area (Å²) in [5, 5.41) is 1.15. The van der Waals surface area contributed by atoms with Crippen LogP contribution in [0.3, 0.4) is 0 Å². The van der Waals surface area contributed by atoms with E-state index in [0.717, 1.165) is 5.06 Å². The fraction of sp³-hybridized carbons (Fsp3) is 0.200. The minimum Gasteiger partial charge on any atom is -0.268 e. The van der Waals surface area contributed by atoms with Gasteiger partial charge in [0.2, 0.25) is 5.60 Å². The van der Waals surface area contributed by atoms with Crippen molar-refractivity contribution in [2.75, 3.05) is 5.06 Å². The van der Waals surface area contributed by atoms with Gasteiger partial charge in [0, 0.05) is 6.20 Å². The zero-order valence-electron chi connectivity index (χ0n) is 10.9. The van der Waals surface area contributed by atoms with E-state index >= 15 is 0 Å². The summed E-state index contributed by atoms with van der Waals surface area (Å²) in [6, 6.07) is 11.1. The number of aromatic nitrogens is 1. The maximum Gasteiger partial charge on any atom is 0.292 e. The van der Waals surface area contributed by atoms with Crippen LogP contribution in [0, 0.1) is 5.82 Å². The molecule has 0 saturated carbocycles. The maximum atomic E-state index is 13.3. The number of hydrogen-bond acceptors (Lipinski definition) is 3. The van der Waals surface area contributed by atoms with Crippen molar-refractivity contribution < 1.29 is 14.0 Å². The maximum absolute atomic E-state index is 13.3. The van der Waals surface area contributed by atoms with Gasteiger partial charge in [-0.25, -0.2) is 14.2 Å². The highest BCUT2D eigenvalue weighted by Gasteiger charge is 2.55. The van der Waals surface area contributed by atoms with Crippen molar-refractivity contribution >= 4 is 11.7 Å². The molecular weight excluding hydrogens is 259 g/mol. The van der Waals surface area contributed by atoms with Crippen LogP contribution in [0.15, 0.2) is 48.7 Å². The lowest BCUT2D eigenvalue weighted by molar-refractivity contribution is -0.192. The van der Waals surface area contributed by atoms with Crippen LogP contribution >= 0.6 is 0 Å². The quantitative estimate of drug-likeness (QED) is 0.862. The van der Waals surface area contributed by atoms with Gasteiger partial charge in [0.15, 0.2) is 5.82 Å². The highest BCUT2D eigenvalue weighted by molar-refractivity contribution is 6.02. The third-order valence-electron chi connectivity index (χ3n) is 3.42. The number of amides is 1. The Kier molecular flexibility index (Phi) is 2.99. The first-order chi connectivity index (χ1) is 9.67. The summed E-state index contributed by atoms with van der Waals surface area (Å²) in [6.45, 7) is 1.83. The lowest BCUT2D eigenvalue weighted by Gasteiger charge is -2.46. The number of halogens is 1. The van der Waals surface area contributed by atoms with Crippen LogP contribution in [0.25, 0.3) is 0 Å². The number of benzene rings is 1. The molecule has 1 saturated heterocycles. The fourth-order valence-electron chi connectivity index (χ4n) is 2.32. The van der Waals surface area contributed by atoms with E-state index in [2.05, 4.69) is 4.98 Å². The molecule has 1 amide bonds. The fourth-order valence-corrected chi connectivity index (χ4v) is 2.32. The van der Waals surface area contributed by atoms with Gasteiger partial charge in [-0.15, -0.1) is 0 Å². The van der Waals surface area contributed by atoms with Crippen LogP contribution in [-0.4, -0.2) is 10.9 Å². The third-order valence-corrected chi connectivity index (χ3v) is 3.42. The molecule has 1 atom stereocenters. The van der Waals surface area contributed by atoms with Crippen molar-refractivity contribution in [3.8, 4) is 0 Å². The average Bonchev–Trinajstić information content (AvgIpc) is 2.48. The molecule has 20 heavy (non-hydrogen) atoms. The second-order valence-electron chi connectivity index (χ2n) is 4.57. The van der Waals surface area contributed by atoms with Gasteiger partial charge in [-0.1, -0.05) is 25.1 Å². The minimum atomic E-state index is -1.11. The third kappa shape index (κ3) is 1.78. The Morgan fingerprint density at radius 2 is 2.15 bits per heavy atom. The number of nitrogens with zero attached hydrogens (tertiary/aromatic N) is 2. The molecule has 102 valence electrons. The smallest absolute Gasteiger partial charge is 0.268 e. The van der Waals surface area contributed by atoms with Crippen LogP contribution in [0.2, 0.25) is 0 Å². The standard InChI is InChI=1S/C15H13FN2O2/c1-2-15(11-6-5-7-12(16)10-11)14(19)18(20-15)13-8-3-4-9-17-13/h3-10H,2H2,1H3/t15-/m0/s1. The van der Waals surface area contributed by atoms with E-state index in [4.69, 9.17) is 4.84 Å². The zero-order chi connectivity index (χ0) is 14.2. The topological polar surface area (TPSA) is 42.4 Å². The zero-order valence-corrected chi connectivity index (χ0v) is 10.9. The SMILES string of the molecule is CC[C@@]1(c2cccc(F)c2)ON(c2ccccn2)C1=O. The van der Waals surface area contributed by atoms with Crippen molar-refractivity contribution in [2.24, 2.45) is 0 Å². The molecule has 1 aliphatic rings. The monoisotopic (exact) mass is 272 g/mol. The van der Waals surface area contributed by atoms with Crippen molar-refractivity contribution in [1.29, 1.82) is 0 Å². The molecule has 1 aliphatic heterocycles. The molecule has 5 heteroatoms. The Hall–Kier alpha value is -2.27. The Morgan fingerprint density at radius 1 is 1.30 bits per heavy atom. The van der Waals surface area contributed by atoms with Crippen molar-refractivity contribution in [1.82, 2.24) is 4.98 Å². The number of carbonyl (C=O) groups is 1. The Labute approximate surface area is 115 Å². The van der Waals surface area contributed by atoms with Gasteiger partial charge in [0.25, 0.3) is 5.91 Å². The summed E-state index contributed by atoms with van der Waals surface area (Å²) in [5.41, 5.74) is -0.586. The van der Waals surface area contributed by atoms with E-state index in [1.807, 2.05) is 6.92 Å². The largest absolute Gasteiger partial charge is 0.292 e. The van der Waals surface area contributed by atoms with Crippen molar-refractivity contribution in [3.05, 3.63) is 60.0 Å². The van der Waals surface area contributed by atoms with Gasteiger partial charge in [0.1, 0.15) is 5.82 Å². The van der Waals surface area contributed by atoms with Crippen molar-refractivity contribution in [2.45, 2.75) is 18.9 Å². The first-order valence-electron chi connectivity index (χ1n) is 6.38. The van der Waals surface area contributed by atoms with Crippen molar-refractivity contribution in [3.63, 3.8) is 0 Å². The van der Waals surface area contributed by atoms with E-state index in [1.165, 1.54) is 12.1 Å². The molecular formula is C15H13FN2O2. The van der Waals surface area contributed by atoms with E-state index in [0.29, 0.717) is 17.8 Å². The van der Waals surface area contributed by atoms with E-state index in [1.54, 1.807) is 36.5 Å². The lowest BCUT2D eigenvalue weighted by atomic mass is 9.87. The summed E-state index contributed by atoms with van der Waals surface area (Å²) >= 11 is 0. The Bertz CT molecular complexity index is 647. The number of pyridine rings is 1. The molecule has 0 aliphatic carbocycles. The number of carbonyl (C=O) groups excluding carboxylic acids is 1. The van der Waals surface area contributed by atoms with E-state index in [-0.39, 0.29) is 11.7 Å². The number of anilines is 1. The normalized spacial score (nSPS) is 21.7. The molecule has 0 unspecified atom stereocenters. The van der Waals surface area contributed by atoms with Crippen LogP contribution in [0.5, 0.6) is 0 Å². The molecule has 1 aromatic heterocycles. The number of hydroxylamine groups is 1. The summed E-state index contributed by atoms with van der Waals surface area (Å²) in [4.78, 5) is 22.2. The molecule has 0 bridgehead atoms. The van der Waals surface area contributed by atoms with E-state index < -0.39 is 5.60 Å². The molecule has 2 aromatic rings. The second kappa shape index (κ2) is 4.68. The van der Waals surface area contributed by atoms with Gasteiger partial charge >= 0.3 is 0 Å². The first kappa shape index (κ1) is 12.7.